The van der Waals surface area contributed by atoms with E-state index >= 15 is 0 Å². The molecule has 2 aromatic carbocycles. The van der Waals surface area contributed by atoms with E-state index in [4.69, 9.17) is 4.74 Å². The predicted molar refractivity (Wildman–Crippen MR) is 117 cm³/mol. The number of amides is 2. The summed E-state index contributed by atoms with van der Waals surface area (Å²) in [5, 5.41) is 5.23. The Morgan fingerprint density at radius 3 is 2.45 bits per heavy atom. The molecular formula is C22H17BrF3N3O4. The molecular weight excluding hydrogens is 507 g/mol. The Morgan fingerprint density at radius 1 is 1.00 bits per heavy atom. The third-order valence-electron chi connectivity index (χ3n) is 4.09. The molecule has 0 unspecified atom stereocenters. The van der Waals surface area contributed by atoms with Gasteiger partial charge in [0.1, 0.15) is 11.5 Å². The average Bonchev–Trinajstić information content (AvgIpc) is 2.78. The van der Waals surface area contributed by atoms with Crippen molar-refractivity contribution in [2.75, 3.05) is 11.9 Å². The van der Waals surface area contributed by atoms with E-state index in [2.05, 4.69) is 36.3 Å². The Morgan fingerprint density at radius 2 is 1.76 bits per heavy atom. The van der Waals surface area contributed by atoms with E-state index in [0.717, 1.165) is 6.07 Å². The molecule has 0 aliphatic heterocycles. The number of nitrogens with one attached hydrogen (secondary N) is 2. The Hall–Kier alpha value is -3.60. The van der Waals surface area contributed by atoms with Crippen molar-refractivity contribution in [2.45, 2.75) is 12.9 Å². The van der Waals surface area contributed by atoms with Gasteiger partial charge in [-0.15, -0.1) is 13.2 Å². The Kier molecular flexibility index (Phi) is 7.88. The van der Waals surface area contributed by atoms with E-state index in [0.29, 0.717) is 5.69 Å². The van der Waals surface area contributed by atoms with E-state index < -0.39 is 30.5 Å². The van der Waals surface area contributed by atoms with Crippen LogP contribution in [0.2, 0.25) is 0 Å². The number of hydrogen-bond donors (Lipinski definition) is 2. The van der Waals surface area contributed by atoms with Crippen molar-refractivity contribution in [3.63, 3.8) is 0 Å². The Labute approximate surface area is 195 Å². The standard InChI is InChI=1S/C22H17BrF3N3O4/c23-17-11-14(8-9-19(17)33-22(24,25)26)29-20(30)13-32-18-7-2-1-6-16(18)21(31)28-12-15-5-3-4-10-27-15/h1-11H,12-13H2,(H,28,31)(H,29,30). The highest BCUT2D eigenvalue weighted by Crippen LogP contribution is 2.32. The molecule has 3 aromatic rings. The number of nitrogens with zero attached hydrogens (tertiary/aromatic N) is 1. The first kappa shape index (κ1) is 24.1. The van der Waals surface area contributed by atoms with Crippen LogP contribution in [0.5, 0.6) is 11.5 Å². The van der Waals surface area contributed by atoms with Crippen LogP contribution >= 0.6 is 15.9 Å². The summed E-state index contributed by atoms with van der Waals surface area (Å²) in [5.74, 6) is -1.22. The maximum Gasteiger partial charge on any atom is 0.573 e. The number of halogens is 4. The summed E-state index contributed by atoms with van der Waals surface area (Å²) in [7, 11) is 0. The van der Waals surface area contributed by atoms with Crippen LogP contribution in [-0.2, 0) is 11.3 Å². The van der Waals surface area contributed by atoms with E-state index in [9.17, 15) is 22.8 Å². The van der Waals surface area contributed by atoms with Crippen LogP contribution in [0.15, 0.2) is 71.3 Å². The lowest BCUT2D eigenvalue weighted by Gasteiger charge is -2.13. The van der Waals surface area contributed by atoms with Crippen molar-refractivity contribution in [1.82, 2.24) is 10.3 Å². The first-order valence-corrected chi connectivity index (χ1v) is 10.3. The zero-order valence-electron chi connectivity index (χ0n) is 16.9. The molecule has 11 heteroatoms. The van der Waals surface area contributed by atoms with E-state index in [1.165, 1.54) is 12.1 Å². The monoisotopic (exact) mass is 523 g/mol. The minimum atomic E-state index is -4.83. The molecule has 7 nitrogen and oxygen atoms in total. The number of carbonyl (C=O) groups excluding carboxylic acids is 2. The number of benzene rings is 2. The zero-order valence-corrected chi connectivity index (χ0v) is 18.4. The molecule has 0 spiro atoms. The molecule has 0 aliphatic carbocycles. The Balaban J connectivity index is 1.57. The van der Waals surface area contributed by atoms with Crippen LogP contribution in [-0.4, -0.2) is 29.8 Å². The summed E-state index contributed by atoms with van der Waals surface area (Å²) >= 11 is 2.97. The molecule has 0 saturated carbocycles. The maximum absolute atomic E-state index is 12.5. The lowest BCUT2D eigenvalue weighted by molar-refractivity contribution is -0.274. The van der Waals surface area contributed by atoms with Crippen LogP contribution in [0.1, 0.15) is 16.1 Å². The molecule has 2 amide bonds. The highest BCUT2D eigenvalue weighted by Gasteiger charge is 2.32. The van der Waals surface area contributed by atoms with Crippen molar-refractivity contribution in [3.05, 3.63) is 82.6 Å². The average molecular weight is 524 g/mol. The normalized spacial score (nSPS) is 10.9. The van der Waals surface area contributed by atoms with Crippen molar-refractivity contribution in [3.8, 4) is 11.5 Å². The quantitative estimate of drug-likeness (QED) is 0.447. The molecule has 0 bridgehead atoms. The topological polar surface area (TPSA) is 89.6 Å². The van der Waals surface area contributed by atoms with Crippen LogP contribution in [0.3, 0.4) is 0 Å². The molecule has 1 heterocycles. The third-order valence-corrected chi connectivity index (χ3v) is 4.71. The number of anilines is 1. The van der Waals surface area contributed by atoms with Crippen LogP contribution in [0.4, 0.5) is 18.9 Å². The maximum atomic E-state index is 12.5. The van der Waals surface area contributed by atoms with Crippen molar-refractivity contribution < 1.29 is 32.2 Å². The van der Waals surface area contributed by atoms with E-state index in [1.807, 2.05) is 0 Å². The third kappa shape index (κ3) is 7.49. The molecule has 0 atom stereocenters. The van der Waals surface area contributed by atoms with Crippen LogP contribution in [0, 0.1) is 0 Å². The van der Waals surface area contributed by atoms with Crippen LogP contribution in [0.25, 0.3) is 0 Å². The van der Waals surface area contributed by atoms with Crippen molar-refractivity contribution in [1.29, 1.82) is 0 Å². The summed E-state index contributed by atoms with van der Waals surface area (Å²) in [5.41, 5.74) is 1.14. The van der Waals surface area contributed by atoms with E-state index in [-0.39, 0.29) is 28.0 Å². The minimum absolute atomic E-state index is 0.00784. The van der Waals surface area contributed by atoms with Gasteiger partial charge in [0.2, 0.25) is 0 Å². The zero-order chi connectivity index (χ0) is 23.8. The van der Waals surface area contributed by atoms with Gasteiger partial charge >= 0.3 is 6.36 Å². The van der Waals surface area contributed by atoms with Gasteiger partial charge in [0.15, 0.2) is 6.61 Å². The fourth-order valence-corrected chi connectivity index (χ4v) is 3.13. The van der Waals surface area contributed by atoms with Gasteiger partial charge in [-0.25, -0.2) is 0 Å². The number of rotatable bonds is 8. The fourth-order valence-electron chi connectivity index (χ4n) is 2.68. The first-order chi connectivity index (χ1) is 15.7. The second-order valence-electron chi connectivity index (χ2n) is 6.53. The van der Waals surface area contributed by atoms with E-state index in [1.54, 1.807) is 48.7 Å². The predicted octanol–water partition coefficient (Wildman–Crippen LogP) is 4.69. The lowest BCUT2D eigenvalue weighted by Crippen LogP contribution is -2.25. The fraction of sp³-hybridized carbons (Fsp3) is 0.136. The number of para-hydroxylation sites is 1. The van der Waals surface area contributed by atoms with Gasteiger partial charge in [0, 0.05) is 11.9 Å². The molecule has 0 saturated heterocycles. The molecule has 0 aliphatic rings. The van der Waals surface area contributed by atoms with Crippen LogP contribution < -0.4 is 20.1 Å². The molecule has 33 heavy (non-hydrogen) atoms. The van der Waals surface area contributed by atoms with Gasteiger partial charge in [-0.3, -0.25) is 14.6 Å². The molecule has 1 aromatic heterocycles. The molecule has 0 fully saturated rings. The van der Waals surface area contributed by atoms with Crippen molar-refractivity contribution in [2.24, 2.45) is 0 Å². The number of pyridine rings is 1. The molecule has 0 radical (unpaired) electrons. The van der Waals surface area contributed by atoms with Gasteiger partial charge in [-0.1, -0.05) is 18.2 Å². The first-order valence-electron chi connectivity index (χ1n) is 9.46. The highest BCUT2D eigenvalue weighted by atomic mass is 79.9. The lowest BCUT2D eigenvalue weighted by atomic mass is 10.2. The number of ether oxygens (including phenoxy) is 2. The number of carbonyl (C=O) groups is 2. The summed E-state index contributed by atoms with van der Waals surface area (Å²) in [4.78, 5) is 28.9. The Bertz CT molecular complexity index is 1130. The van der Waals surface area contributed by atoms with Crippen molar-refractivity contribution >= 4 is 33.4 Å². The van der Waals surface area contributed by atoms with Gasteiger partial charge in [0.05, 0.1) is 22.3 Å². The number of aromatic nitrogens is 1. The second kappa shape index (κ2) is 10.8. The summed E-state index contributed by atoms with van der Waals surface area (Å²) in [6.45, 7) is -0.208. The summed E-state index contributed by atoms with van der Waals surface area (Å²) in [6, 6.07) is 15.3. The molecule has 172 valence electrons. The van der Waals surface area contributed by atoms with Gasteiger partial charge in [-0.2, -0.15) is 0 Å². The largest absolute Gasteiger partial charge is 0.573 e. The molecule has 3 rings (SSSR count). The number of alkyl halides is 3. The van der Waals surface area contributed by atoms with Gasteiger partial charge < -0.3 is 20.1 Å². The minimum Gasteiger partial charge on any atom is -0.483 e. The summed E-state index contributed by atoms with van der Waals surface area (Å²) < 4.78 is 46.4. The molecule has 2 N–H and O–H groups in total. The smallest absolute Gasteiger partial charge is 0.483 e. The summed E-state index contributed by atoms with van der Waals surface area (Å²) in [6.07, 6.45) is -3.22. The van der Waals surface area contributed by atoms with Gasteiger partial charge in [-0.05, 0) is 58.4 Å². The van der Waals surface area contributed by atoms with Gasteiger partial charge in [0.25, 0.3) is 11.8 Å². The second-order valence-corrected chi connectivity index (χ2v) is 7.38. The SMILES string of the molecule is O=C(COc1ccccc1C(=O)NCc1ccccn1)Nc1ccc(OC(F)(F)F)c(Br)c1. The number of hydrogen-bond acceptors (Lipinski definition) is 5. The highest BCUT2D eigenvalue weighted by molar-refractivity contribution is 9.10.